The first-order valence-electron chi connectivity index (χ1n) is 6.76. The molecular weight excluding hydrogens is 200 g/mol. The van der Waals surface area contributed by atoms with Crippen LogP contribution in [0.2, 0.25) is 0 Å². The van der Waals surface area contributed by atoms with Crippen LogP contribution in [0.5, 0.6) is 0 Å². The molecular formula is C13H28N2O. The van der Waals surface area contributed by atoms with Crippen LogP contribution in [0, 0.1) is 0 Å². The van der Waals surface area contributed by atoms with E-state index in [1.165, 1.54) is 25.7 Å². The molecule has 16 heavy (non-hydrogen) atoms. The largest absolute Gasteiger partial charge is 0.377 e. The Bertz CT molecular complexity index is 169. The van der Waals surface area contributed by atoms with Gasteiger partial charge in [-0.3, -0.25) is 0 Å². The molecule has 0 amide bonds. The summed E-state index contributed by atoms with van der Waals surface area (Å²) < 4.78 is 5.75. The molecule has 0 aromatic rings. The van der Waals surface area contributed by atoms with Crippen molar-refractivity contribution in [1.29, 1.82) is 0 Å². The molecule has 2 atom stereocenters. The fraction of sp³-hybridized carbons (Fsp3) is 1.00. The Hall–Kier alpha value is -0.120. The summed E-state index contributed by atoms with van der Waals surface area (Å²) in [5, 5.41) is 3.52. The van der Waals surface area contributed by atoms with Crippen molar-refractivity contribution in [1.82, 2.24) is 10.2 Å². The van der Waals surface area contributed by atoms with Gasteiger partial charge in [0.15, 0.2) is 0 Å². The van der Waals surface area contributed by atoms with Gasteiger partial charge >= 0.3 is 0 Å². The number of rotatable bonds is 7. The van der Waals surface area contributed by atoms with Crippen LogP contribution in [0.3, 0.4) is 0 Å². The average molecular weight is 228 g/mol. The van der Waals surface area contributed by atoms with Crippen molar-refractivity contribution in [3.63, 3.8) is 0 Å². The molecule has 1 saturated heterocycles. The summed E-state index contributed by atoms with van der Waals surface area (Å²) >= 11 is 0. The lowest BCUT2D eigenvalue weighted by atomic mass is 10.1. The highest BCUT2D eigenvalue weighted by Gasteiger charge is 2.16. The van der Waals surface area contributed by atoms with E-state index in [0.717, 1.165) is 26.2 Å². The molecule has 0 spiro atoms. The van der Waals surface area contributed by atoms with Crippen LogP contribution in [0.4, 0.5) is 0 Å². The normalized spacial score (nSPS) is 23.6. The first-order valence-corrected chi connectivity index (χ1v) is 6.76. The van der Waals surface area contributed by atoms with Crippen LogP contribution in [0.25, 0.3) is 0 Å². The fourth-order valence-electron chi connectivity index (χ4n) is 2.30. The second-order valence-corrected chi connectivity index (χ2v) is 5.06. The van der Waals surface area contributed by atoms with Crippen LogP contribution in [-0.4, -0.2) is 50.3 Å². The number of likely N-dealkylation sites (N-methyl/N-ethyl adjacent to an activating group) is 1. The lowest BCUT2D eigenvalue weighted by Gasteiger charge is -2.29. The van der Waals surface area contributed by atoms with Crippen LogP contribution in [0.1, 0.15) is 39.5 Å². The molecule has 1 rings (SSSR count). The van der Waals surface area contributed by atoms with Gasteiger partial charge in [0.2, 0.25) is 0 Å². The quantitative estimate of drug-likeness (QED) is 0.720. The Morgan fingerprint density at radius 1 is 1.44 bits per heavy atom. The maximum absolute atomic E-state index is 5.75. The molecule has 0 aliphatic carbocycles. The Kier molecular flexibility index (Phi) is 7.01. The standard InChI is InChI=1S/C13H28N2O/c1-4-8-14-12(2)10-15(3)11-13-7-5-6-9-16-13/h12-14H,4-11H2,1-3H3. The molecule has 1 N–H and O–H groups in total. The summed E-state index contributed by atoms with van der Waals surface area (Å²) in [5.41, 5.74) is 0. The Balaban J connectivity index is 2.11. The van der Waals surface area contributed by atoms with Gasteiger partial charge in [-0.2, -0.15) is 0 Å². The van der Waals surface area contributed by atoms with Crippen molar-refractivity contribution in [2.24, 2.45) is 0 Å². The van der Waals surface area contributed by atoms with Crippen molar-refractivity contribution in [2.45, 2.75) is 51.7 Å². The summed E-state index contributed by atoms with van der Waals surface area (Å²) in [5.74, 6) is 0. The van der Waals surface area contributed by atoms with Crippen molar-refractivity contribution in [3.05, 3.63) is 0 Å². The maximum Gasteiger partial charge on any atom is 0.0701 e. The first-order chi connectivity index (χ1) is 7.72. The van der Waals surface area contributed by atoms with E-state index in [9.17, 15) is 0 Å². The van der Waals surface area contributed by atoms with Crippen molar-refractivity contribution in [3.8, 4) is 0 Å². The molecule has 2 unspecified atom stereocenters. The molecule has 96 valence electrons. The minimum absolute atomic E-state index is 0.470. The highest BCUT2D eigenvalue weighted by Crippen LogP contribution is 2.13. The topological polar surface area (TPSA) is 24.5 Å². The highest BCUT2D eigenvalue weighted by molar-refractivity contribution is 4.71. The van der Waals surface area contributed by atoms with E-state index in [-0.39, 0.29) is 0 Å². The molecule has 1 aliphatic rings. The van der Waals surface area contributed by atoms with Crippen LogP contribution < -0.4 is 5.32 Å². The maximum atomic E-state index is 5.75. The molecule has 3 nitrogen and oxygen atoms in total. The zero-order valence-electron chi connectivity index (χ0n) is 11.2. The summed E-state index contributed by atoms with van der Waals surface area (Å²) in [4.78, 5) is 2.39. The van der Waals surface area contributed by atoms with Crippen LogP contribution in [0.15, 0.2) is 0 Å². The molecule has 3 heteroatoms. The minimum atomic E-state index is 0.470. The predicted molar refractivity (Wildman–Crippen MR) is 68.8 cm³/mol. The molecule has 0 radical (unpaired) electrons. The van der Waals surface area contributed by atoms with Crippen molar-refractivity contribution >= 4 is 0 Å². The third-order valence-corrected chi connectivity index (χ3v) is 3.12. The third kappa shape index (κ3) is 5.83. The zero-order chi connectivity index (χ0) is 11.8. The number of hydrogen-bond acceptors (Lipinski definition) is 3. The van der Waals surface area contributed by atoms with Gasteiger partial charge in [-0.25, -0.2) is 0 Å². The van der Waals surface area contributed by atoms with E-state index < -0.39 is 0 Å². The van der Waals surface area contributed by atoms with Crippen molar-refractivity contribution in [2.75, 3.05) is 33.3 Å². The van der Waals surface area contributed by atoms with Crippen LogP contribution in [-0.2, 0) is 4.74 Å². The van der Waals surface area contributed by atoms with Gasteiger partial charge in [-0.15, -0.1) is 0 Å². The lowest BCUT2D eigenvalue weighted by Crippen LogP contribution is -2.41. The lowest BCUT2D eigenvalue weighted by molar-refractivity contribution is -0.00234. The van der Waals surface area contributed by atoms with E-state index in [1.807, 2.05) is 0 Å². The summed E-state index contributed by atoms with van der Waals surface area (Å²) in [7, 11) is 2.20. The number of hydrogen-bond donors (Lipinski definition) is 1. The molecule has 1 fully saturated rings. The third-order valence-electron chi connectivity index (χ3n) is 3.12. The number of ether oxygens (including phenoxy) is 1. The second kappa shape index (κ2) is 8.04. The van der Waals surface area contributed by atoms with Gasteiger partial charge in [0.1, 0.15) is 0 Å². The highest BCUT2D eigenvalue weighted by atomic mass is 16.5. The van der Waals surface area contributed by atoms with Gasteiger partial charge in [0.05, 0.1) is 6.10 Å². The number of nitrogens with one attached hydrogen (secondary N) is 1. The zero-order valence-corrected chi connectivity index (χ0v) is 11.2. The Morgan fingerprint density at radius 2 is 2.25 bits per heavy atom. The smallest absolute Gasteiger partial charge is 0.0701 e. The summed E-state index contributed by atoms with van der Waals surface area (Å²) in [6, 6.07) is 0.577. The average Bonchev–Trinajstić information content (AvgIpc) is 2.27. The SMILES string of the molecule is CCCNC(C)CN(C)CC1CCCCO1. The summed E-state index contributed by atoms with van der Waals surface area (Å²) in [6.07, 6.45) is 5.50. The van der Waals surface area contributed by atoms with Gasteiger partial charge in [-0.1, -0.05) is 6.92 Å². The minimum Gasteiger partial charge on any atom is -0.377 e. The van der Waals surface area contributed by atoms with E-state index in [0.29, 0.717) is 12.1 Å². The van der Waals surface area contributed by atoms with Gasteiger partial charge in [0.25, 0.3) is 0 Å². The fourth-order valence-corrected chi connectivity index (χ4v) is 2.30. The Labute approximate surface area is 101 Å². The van der Waals surface area contributed by atoms with Gasteiger partial charge in [0, 0.05) is 25.7 Å². The van der Waals surface area contributed by atoms with E-state index in [4.69, 9.17) is 4.74 Å². The van der Waals surface area contributed by atoms with Gasteiger partial charge < -0.3 is 15.0 Å². The monoisotopic (exact) mass is 228 g/mol. The van der Waals surface area contributed by atoms with Crippen LogP contribution >= 0.6 is 0 Å². The van der Waals surface area contributed by atoms with Crippen molar-refractivity contribution < 1.29 is 4.74 Å². The first kappa shape index (κ1) is 13.9. The van der Waals surface area contributed by atoms with Gasteiger partial charge in [-0.05, 0) is 46.2 Å². The summed E-state index contributed by atoms with van der Waals surface area (Å²) in [6.45, 7) is 8.74. The van der Waals surface area contributed by atoms with E-state index in [1.54, 1.807) is 0 Å². The predicted octanol–water partition coefficient (Wildman–Crippen LogP) is 1.88. The molecule has 0 saturated carbocycles. The Morgan fingerprint density at radius 3 is 2.88 bits per heavy atom. The second-order valence-electron chi connectivity index (χ2n) is 5.06. The van der Waals surface area contributed by atoms with E-state index in [2.05, 4.69) is 31.1 Å². The number of nitrogens with zero attached hydrogens (tertiary/aromatic N) is 1. The molecule has 0 aromatic heterocycles. The molecule has 0 aromatic carbocycles. The molecule has 1 aliphatic heterocycles. The molecule has 0 bridgehead atoms. The molecule has 1 heterocycles. The van der Waals surface area contributed by atoms with E-state index >= 15 is 0 Å².